The maximum absolute atomic E-state index is 13.3. The number of benzene rings is 1. The molecule has 210 valence electrons. The number of pyridine rings is 1. The Bertz CT molecular complexity index is 1230. The fourth-order valence-electron chi connectivity index (χ4n) is 4.35. The second-order valence-corrected chi connectivity index (χ2v) is 9.48. The zero-order valence-corrected chi connectivity index (χ0v) is 22.0. The van der Waals surface area contributed by atoms with E-state index in [1.54, 1.807) is 12.1 Å². The van der Waals surface area contributed by atoms with Crippen LogP contribution >= 0.6 is 0 Å². The molecule has 1 fully saturated rings. The number of hydrogen-bond donors (Lipinski definition) is 2. The summed E-state index contributed by atoms with van der Waals surface area (Å²) in [6.45, 7) is 7.64. The number of carbonyl (C=O) groups is 1. The molecular formula is C27H33F3N6O3. The molecule has 0 spiro atoms. The van der Waals surface area contributed by atoms with Crippen LogP contribution < -0.4 is 10.6 Å². The quantitative estimate of drug-likeness (QED) is 0.347. The van der Waals surface area contributed by atoms with Gasteiger partial charge in [-0.15, -0.1) is 0 Å². The Hall–Kier alpha value is -3.35. The number of alkyl halides is 3. The van der Waals surface area contributed by atoms with Gasteiger partial charge in [-0.1, -0.05) is 6.07 Å². The summed E-state index contributed by atoms with van der Waals surface area (Å²) >= 11 is 0. The third kappa shape index (κ3) is 7.84. The molecule has 0 saturated carbocycles. The zero-order chi connectivity index (χ0) is 27.8. The molecule has 1 aliphatic heterocycles. The van der Waals surface area contributed by atoms with E-state index in [9.17, 15) is 18.0 Å². The van der Waals surface area contributed by atoms with Crippen molar-refractivity contribution >= 4 is 22.6 Å². The standard InChI is InChI=1S/C27H33F3N6O3/c1-18(2)39-12-4-9-31-24-8-7-20-21(5-3-6-22(20)35-24)25(37)32-17-23(36-10-13-38-14-11-36)19-15-33-26(34-16-19)27(28,29)30/h3,5-8,15-16,18,23H,4,9-14,17H2,1-2H3,(H,31,35)(H,32,37). The molecule has 4 rings (SSSR count). The predicted octanol–water partition coefficient (Wildman–Crippen LogP) is 4.07. The van der Waals surface area contributed by atoms with Gasteiger partial charge in [-0.25, -0.2) is 15.0 Å². The zero-order valence-electron chi connectivity index (χ0n) is 22.0. The first-order valence-corrected chi connectivity index (χ1v) is 13.0. The van der Waals surface area contributed by atoms with Crippen LogP contribution in [0.25, 0.3) is 10.9 Å². The number of nitrogens with one attached hydrogen (secondary N) is 2. The van der Waals surface area contributed by atoms with Gasteiger partial charge in [0, 0.05) is 61.7 Å². The average Bonchev–Trinajstić information content (AvgIpc) is 2.92. The molecule has 2 N–H and O–H groups in total. The van der Waals surface area contributed by atoms with Crippen LogP contribution in [0.2, 0.25) is 0 Å². The smallest absolute Gasteiger partial charge is 0.379 e. The molecule has 0 bridgehead atoms. The van der Waals surface area contributed by atoms with Gasteiger partial charge in [0.1, 0.15) is 5.82 Å². The van der Waals surface area contributed by atoms with Crippen molar-refractivity contribution in [3.05, 3.63) is 59.7 Å². The molecule has 3 aromatic rings. The fourth-order valence-corrected chi connectivity index (χ4v) is 4.35. The van der Waals surface area contributed by atoms with Gasteiger partial charge in [-0.3, -0.25) is 9.69 Å². The second-order valence-electron chi connectivity index (χ2n) is 9.48. The number of amides is 1. The molecule has 39 heavy (non-hydrogen) atoms. The summed E-state index contributed by atoms with van der Waals surface area (Å²) in [5, 5.41) is 6.92. The van der Waals surface area contributed by atoms with Gasteiger partial charge in [0.15, 0.2) is 0 Å². The highest BCUT2D eigenvalue weighted by Gasteiger charge is 2.35. The van der Waals surface area contributed by atoms with Crippen molar-refractivity contribution in [1.82, 2.24) is 25.2 Å². The number of hydrogen-bond acceptors (Lipinski definition) is 8. The van der Waals surface area contributed by atoms with E-state index in [4.69, 9.17) is 9.47 Å². The number of morpholine rings is 1. The summed E-state index contributed by atoms with van der Waals surface area (Å²) in [4.78, 5) is 27.0. The SMILES string of the molecule is CC(C)OCCCNc1ccc2c(C(=O)NCC(c3cnc(C(F)(F)F)nc3)N3CCOCC3)cccc2n1. The highest BCUT2D eigenvalue weighted by Crippen LogP contribution is 2.27. The average molecular weight is 547 g/mol. The lowest BCUT2D eigenvalue weighted by Crippen LogP contribution is -2.44. The number of fused-ring (bicyclic) bond motifs is 1. The third-order valence-electron chi connectivity index (χ3n) is 6.31. The predicted molar refractivity (Wildman–Crippen MR) is 140 cm³/mol. The normalized spacial score (nSPS) is 15.4. The van der Waals surface area contributed by atoms with Crippen LogP contribution in [0.3, 0.4) is 0 Å². The van der Waals surface area contributed by atoms with Crippen molar-refractivity contribution in [2.75, 3.05) is 51.3 Å². The Morgan fingerprint density at radius 2 is 1.87 bits per heavy atom. The monoisotopic (exact) mass is 546 g/mol. The van der Waals surface area contributed by atoms with Gasteiger partial charge >= 0.3 is 6.18 Å². The topological polar surface area (TPSA) is 102 Å². The lowest BCUT2D eigenvalue weighted by molar-refractivity contribution is -0.145. The lowest BCUT2D eigenvalue weighted by Gasteiger charge is -2.34. The summed E-state index contributed by atoms with van der Waals surface area (Å²) in [5.41, 5.74) is 1.62. The van der Waals surface area contributed by atoms with E-state index in [1.165, 1.54) is 12.4 Å². The first kappa shape index (κ1) is 28.7. The molecule has 0 radical (unpaired) electrons. The van der Waals surface area contributed by atoms with Crippen LogP contribution in [-0.4, -0.2) is 77.9 Å². The maximum atomic E-state index is 13.3. The summed E-state index contributed by atoms with van der Waals surface area (Å²) in [5.74, 6) is -0.795. The van der Waals surface area contributed by atoms with Crippen molar-refractivity contribution < 1.29 is 27.4 Å². The Labute approximate surface area is 225 Å². The number of rotatable bonds is 11. The van der Waals surface area contributed by atoms with Gasteiger partial charge in [-0.2, -0.15) is 13.2 Å². The molecule has 12 heteroatoms. The third-order valence-corrected chi connectivity index (χ3v) is 6.31. The van der Waals surface area contributed by atoms with Gasteiger partial charge in [0.25, 0.3) is 5.91 Å². The highest BCUT2D eigenvalue weighted by atomic mass is 19.4. The van der Waals surface area contributed by atoms with Crippen LogP contribution in [0.15, 0.2) is 42.7 Å². The number of ether oxygens (including phenoxy) is 2. The Morgan fingerprint density at radius 3 is 2.56 bits per heavy atom. The van der Waals surface area contributed by atoms with Gasteiger partial charge in [-0.05, 0) is 44.5 Å². The molecular weight excluding hydrogens is 513 g/mol. The first-order valence-electron chi connectivity index (χ1n) is 13.0. The molecule has 9 nitrogen and oxygen atoms in total. The van der Waals surface area contributed by atoms with Crippen LogP contribution in [0.4, 0.5) is 19.0 Å². The van der Waals surface area contributed by atoms with E-state index in [-0.39, 0.29) is 18.6 Å². The second kappa shape index (κ2) is 13.1. The van der Waals surface area contributed by atoms with E-state index >= 15 is 0 Å². The minimum Gasteiger partial charge on any atom is -0.379 e. The molecule has 1 unspecified atom stereocenters. The minimum atomic E-state index is -4.62. The Balaban J connectivity index is 1.45. The van der Waals surface area contributed by atoms with Crippen molar-refractivity contribution in [3.63, 3.8) is 0 Å². The van der Waals surface area contributed by atoms with Crippen LogP contribution in [0.5, 0.6) is 0 Å². The number of halogens is 3. The van der Waals surface area contributed by atoms with E-state index < -0.39 is 18.0 Å². The largest absolute Gasteiger partial charge is 0.451 e. The number of nitrogens with zero attached hydrogens (tertiary/aromatic N) is 4. The summed E-state index contributed by atoms with van der Waals surface area (Å²) in [6.07, 6.45) is -1.24. The van der Waals surface area contributed by atoms with Crippen molar-refractivity contribution in [2.45, 2.75) is 38.6 Å². The summed E-state index contributed by atoms with van der Waals surface area (Å²) in [7, 11) is 0. The van der Waals surface area contributed by atoms with E-state index in [1.807, 2.05) is 36.9 Å². The fraction of sp³-hybridized carbons (Fsp3) is 0.481. The Morgan fingerprint density at radius 1 is 1.13 bits per heavy atom. The van der Waals surface area contributed by atoms with Gasteiger partial charge in [0.2, 0.25) is 5.82 Å². The molecule has 3 heterocycles. The van der Waals surface area contributed by atoms with E-state index in [0.29, 0.717) is 67.3 Å². The summed E-state index contributed by atoms with van der Waals surface area (Å²) < 4.78 is 49.9. The molecule has 2 aromatic heterocycles. The van der Waals surface area contributed by atoms with Crippen molar-refractivity contribution in [1.29, 1.82) is 0 Å². The number of aromatic nitrogens is 3. The molecule has 1 amide bonds. The van der Waals surface area contributed by atoms with Crippen molar-refractivity contribution in [2.24, 2.45) is 0 Å². The van der Waals surface area contributed by atoms with Crippen LogP contribution in [0, 0.1) is 0 Å². The molecule has 1 saturated heterocycles. The first-order chi connectivity index (χ1) is 18.7. The van der Waals surface area contributed by atoms with Crippen LogP contribution in [0.1, 0.15) is 48.1 Å². The van der Waals surface area contributed by atoms with E-state index in [0.717, 1.165) is 6.42 Å². The van der Waals surface area contributed by atoms with Gasteiger partial charge in [0.05, 0.1) is 30.9 Å². The number of carbonyl (C=O) groups excluding carboxylic acids is 1. The Kier molecular flexibility index (Phi) is 9.65. The number of anilines is 1. The summed E-state index contributed by atoms with van der Waals surface area (Å²) in [6, 6.07) is 8.61. The maximum Gasteiger partial charge on any atom is 0.451 e. The molecule has 1 atom stereocenters. The van der Waals surface area contributed by atoms with Gasteiger partial charge < -0.3 is 20.1 Å². The minimum absolute atomic E-state index is 0.162. The highest BCUT2D eigenvalue weighted by molar-refractivity contribution is 6.06. The molecule has 1 aliphatic rings. The van der Waals surface area contributed by atoms with Crippen LogP contribution in [-0.2, 0) is 15.7 Å². The molecule has 1 aromatic carbocycles. The lowest BCUT2D eigenvalue weighted by atomic mass is 10.1. The molecule has 0 aliphatic carbocycles. The van der Waals surface area contributed by atoms with E-state index in [2.05, 4.69) is 25.6 Å². The van der Waals surface area contributed by atoms with Crippen molar-refractivity contribution in [3.8, 4) is 0 Å².